The monoisotopic (exact) mass is 324 g/mol. The predicted octanol–water partition coefficient (Wildman–Crippen LogP) is 4.64. The van der Waals surface area contributed by atoms with Gasteiger partial charge in [0.25, 0.3) is 0 Å². The molecule has 0 amide bonds. The Kier molecular flexibility index (Phi) is 4.53. The highest BCUT2D eigenvalue weighted by Crippen LogP contribution is 2.16. The molecule has 0 bridgehead atoms. The van der Waals surface area contributed by atoms with E-state index >= 15 is 0 Å². The minimum absolute atomic E-state index is 0.561. The summed E-state index contributed by atoms with van der Waals surface area (Å²) in [6, 6.07) is 15.6. The molecule has 1 heterocycles. The number of imidazole rings is 1. The Labute approximate surface area is 139 Å². The summed E-state index contributed by atoms with van der Waals surface area (Å²) in [7, 11) is 0. The standard InChI is InChI=1S/C18H17ClN4/c1-12(2)22-23-17(13-6-5-7-14(19)10-13)11-18-20-15-8-3-4-9-16(15)21-18/h3-10H,11H2,1-2H3,(H,20,21). The molecule has 4 nitrogen and oxygen atoms in total. The molecule has 23 heavy (non-hydrogen) atoms. The number of aromatic nitrogens is 2. The molecule has 0 unspecified atom stereocenters. The maximum Gasteiger partial charge on any atom is 0.113 e. The number of rotatable bonds is 4. The maximum absolute atomic E-state index is 6.10. The topological polar surface area (TPSA) is 53.4 Å². The van der Waals surface area contributed by atoms with Gasteiger partial charge in [-0.15, -0.1) is 0 Å². The van der Waals surface area contributed by atoms with Crippen LogP contribution in [-0.4, -0.2) is 21.4 Å². The maximum atomic E-state index is 6.10. The third kappa shape index (κ3) is 3.85. The number of H-pyrrole nitrogens is 1. The van der Waals surface area contributed by atoms with Crippen molar-refractivity contribution in [1.29, 1.82) is 0 Å². The van der Waals surface area contributed by atoms with Crippen molar-refractivity contribution in [3.8, 4) is 0 Å². The smallest absolute Gasteiger partial charge is 0.113 e. The van der Waals surface area contributed by atoms with Gasteiger partial charge in [-0.25, -0.2) is 4.98 Å². The lowest BCUT2D eigenvalue weighted by molar-refractivity contribution is 1.08. The van der Waals surface area contributed by atoms with E-state index in [0.29, 0.717) is 11.4 Å². The van der Waals surface area contributed by atoms with Gasteiger partial charge in [0.05, 0.1) is 23.2 Å². The molecular weight excluding hydrogens is 308 g/mol. The zero-order valence-electron chi connectivity index (χ0n) is 13.0. The van der Waals surface area contributed by atoms with E-state index in [0.717, 1.165) is 33.8 Å². The molecule has 0 saturated carbocycles. The van der Waals surface area contributed by atoms with Crippen molar-refractivity contribution in [3.05, 3.63) is 64.9 Å². The quantitative estimate of drug-likeness (QED) is 0.551. The highest BCUT2D eigenvalue weighted by molar-refractivity contribution is 6.31. The molecule has 3 aromatic rings. The second-order valence-electron chi connectivity index (χ2n) is 5.48. The van der Waals surface area contributed by atoms with Gasteiger partial charge in [-0.2, -0.15) is 10.2 Å². The zero-order chi connectivity index (χ0) is 16.2. The Bertz CT molecular complexity index is 856. The van der Waals surface area contributed by atoms with E-state index in [1.165, 1.54) is 0 Å². The van der Waals surface area contributed by atoms with Gasteiger partial charge in [-0.05, 0) is 43.7 Å². The van der Waals surface area contributed by atoms with E-state index in [1.54, 1.807) is 0 Å². The highest BCUT2D eigenvalue weighted by Gasteiger charge is 2.10. The summed E-state index contributed by atoms with van der Waals surface area (Å²) >= 11 is 6.10. The molecule has 0 atom stereocenters. The van der Waals surface area contributed by atoms with E-state index in [4.69, 9.17) is 11.6 Å². The average molecular weight is 325 g/mol. The van der Waals surface area contributed by atoms with E-state index in [-0.39, 0.29) is 0 Å². The van der Waals surface area contributed by atoms with Gasteiger partial charge in [0, 0.05) is 10.7 Å². The van der Waals surface area contributed by atoms with Crippen LogP contribution in [-0.2, 0) is 6.42 Å². The fourth-order valence-corrected chi connectivity index (χ4v) is 2.46. The summed E-state index contributed by atoms with van der Waals surface area (Å²) in [4.78, 5) is 7.93. The number of halogens is 1. The zero-order valence-corrected chi connectivity index (χ0v) is 13.8. The van der Waals surface area contributed by atoms with Crippen LogP contribution in [0.5, 0.6) is 0 Å². The number of nitrogens with zero attached hydrogens (tertiary/aromatic N) is 3. The number of hydrogen-bond donors (Lipinski definition) is 1. The van der Waals surface area contributed by atoms with Crippen LogP contribution in [0.2, 0.25) is 5.02 Å². The molecule has 116 valence electrons. The Morgan fingerprint density at radius 1 is 1.09 bits per heavy atom. The minimum atomic E-state index is 0.561. The van der Waals surface area contributed by atoms with Gasteiger partial charge in [0.15, 0.2) is 0 Å². The molecule has 0 spiro atoms. The van der Waals surface area contributed by atoms with Crippen LogP contribution in [0.3, 0.4) is 0 Å². The SMILES string of the molecule is CC(C)=NN=C(Cc1nc2ccccc2[nH]1)c1cccc(Cl)c1. The van der Waals surface area contributed by atoms with Crippen LogP contribution in [0.15, 0.2) is 58.7 Å². The first-order valence-corrected chi connectivity index (χ1v) is 7.77. The van der Waals surface area contributed by atoms with Crippen LogP contribution in [0.1, 0.15) is 25.2 Å². The van der Waals surface area contributed by atoms with Crippen LogP contribution in [0, 0.1) is 0 Å². The second-order valence-corrected chi connectivity index (χ2v) is 5.92. The highest BCUT2D eigenvalue weighted by atomic mass is 35.5. The third-order valence-electron chi connectivity index (χ3n) is 3.30. The van der Waals surface area contributed by atoms with Crippen LogP contribution < -0.4 is 0 Å². The molecule has 0 saturated heterocycles. The summed E-state index contributed by atoms with van der Waals surface area (Å²) in [6.07, 6.45) is 0.561. The largest absolute Gasteiger partial charge is 0.342 e. The summed E-state index contributed by atoms with van der Waals surface area (Å²) in [6.45, 7) is 3.83. The van der Waals surface area contributed by atoms with Crippen molar-refractivity contribution < 1.29 is 0 Å². The van der Waals surface area contributed by atoms with Crippen molar-refractivity contribution in [2.75, 3.05) is 0 Å². The van der Waals surface area contributed by atoms with E-state index in [1.807, 2.05) is 62.4 Å². The average Bonchev–Trinajstić information content (AvgIpc) is 2.93. The van der Waals surface area contributed by atoms with Crippen molar-refractivity contribution in [2.24, 2.45) is 10.2 Å². The normalized spacial score (nSPS) is 11.7. The Morgan fingerprint density at radius 3 is 2.65 bits per heavy atom. The van der Waals surface area contributed by atoms with E-state index < -0.39 is 0 Å². The molecular formula is C18H17ClN4. The molecule has 2 aromatic carbocycles. The fourth-order valence-electron chi connectivity index (χ4n) is 2.27. The van der Waals surface area contributed by atoms with Gasteiger partial charge in [0.1, 0.15) is 5.82 Å². The third-order valence-corrected chi connectivity index (χ3v) is 3.54. The Morgan fingerprint density at radius 2 is 1.91 bits per heavy atom. The first-order chi connectivity index (χ1) is 11.1. The summed E-state index contributed by atoms with van der Waals surface area (Å²) < 4.78 is 0. The van der Waals surface area contributed by atoms with Gasteiger partial charge >= 0.3 is 0 Å². The van der Waals surface area contributed by atoms with E-state index in [9.17, 15) is 0 Å². The summed E-state index contributed by atoms with van der Waals surface area (Å²) in [5.41, 5.74) is 4.64. The molecule has 5 heteroatoms. The summed E-state index contributed by atoms with van der Waals surface area (Å²) in [5.74, 6) is 0.855. The van der Waals surface area contributed by atoms with Crippen molar-refractivity contribution in [1.82, 2.24) is 9.97 Å². The first kappa shape index (κ1) is 15.4. The molecule has 0 fully saturated rings. The van der Waals surface area contributed by atoms with Gasteiger partial charge in [0.2, 0.25) is 0 Å². The number of fused-ring (bicyclic) bond motifs is 1. The van der Waals surface area contributed by atoms with Crippen molar-refractivity contribution in [2.45, 2.75) is 20.3 Å². The fraction of sp³-hybridized carbons (Fsp3) is 0.167. The molecule has 0 aliphatic carbocycles. The van der Waals surface area contributed by atoms with Crippen LogP contribution >= 0.6 is 11.6 Å². The van der Waals surface area contributed by atoms with Gasteiger partial charge < -0.3 is 4.98 Å². The number of benzene rings is 2. The van der Waals surface area contributed by atoms with Gasteiger partial charge in [-0.3, -0.25) is 0 Å². The molecule has 3 rings (SSSR count). The number of nitrogens with one attached hydrogen (secondary N) is 1. The number of aromatic amines is 1. The lowest BCUT2D eigenvalue weighted by Crippen LogP contribution is -2.06. The summed E-state index contributed by atoms with van der Waals surface area (Å²) in [5, 5.41) is 9.26. The Hall–Kier alpha value is -2.46. The second kappa shape index (κ2) is 6.75. The number of para-hydroxylation sites is 2. The molecule has 1 aromatic heterocycles. The lowest BCUT2D eigenvalue weighted by atomic mass is 10.1. The van der Waals surface area contributed by atoms with Crippen LogP contribution in [0.25, 0.3) is 11.0 Å². The number of hydrogen-bond acceptors (Lipinski definition) is 3. The minimum Gasteiger partial charge on any atom is -0.342 e. The molecule has 0 aliphatic rings. The van der Waals surface area contributed by atoms with Gasteiger partial charge in [-0.1, -0.05) is 35.9 Å². The van der Waals surface area contributed by atoms with E-state index in [2.05, 4.69) is 20.2 Å². The van der Waals surface area contributed by atoms with Crippen LogP contribution in [0.4, 0.5) is 0 Å². The lowest BCUT2D eigenvalue weighted by Gasteiger charge is -2.04. The predicted molar refractivity (Wildman–Crippen MR) is 96.6 cm³/mol. The Balaban J connectivity index is 1.98. The molecule has 1 N–H and O–H groups in total. The van der Waals surface area contributed by atoms with Crippen molar-refractivity contribution in [3.63, 3.8) is 0 Å². The molecule has 0 aliphatic heterocycles. The molecule has 0 radical (unpaired) electrons. The first-order valence-electron chi connectivity index (χ1n) is 7.39. The van der Waals surface area contributed by atoms with Crippen molar-refractivity contribution >= 4 is 34.1 Å².